The second kappa shape index (κ2) is 5.22. The van der Waals surface area contributed by atoms with Gasteiger partial charge in [-0.05, 0) is 52.7 Å². The first-order valence-electron chi connectivity index (χ1n) is 6.26. The Morgan fingerprint density at radius 1 is 1.35 bits per heavy atom. The Bertz CT molecular complexity index is 674. The summed E-state index contributed by atoms with van der Waals surface area (Å²) in [7, 11) is 0. The molecule has 0 unspecified atom stereocenters. The van der Waals surface area contributed by atoms with E-state index < -0.39 is 0 Å². The SMILES string of the molecule is Cc1cccc(C2CC2)c1Oc1nnc(Cl)c(Br)c1O. The summed E-state index contributed by atoms with van der Waals surface area (Å²) in [4.78, 5) is 0. The first-order chi connectivity index (χ1) is 9.58. The highest BCUT2D eigenvalue weighted by atomic mass is 79.9. The van der Waals surface area contributed by atoms with Crippen LogP contribution in [0.25, 0.3) is 0 Å². The van der Waals surface area contributed by atoms with E-state index in [1.165, 1.54) is 12.8 Å². The monoisotopic (exact) mass is 354 g/mol. The fourth-order valence-electron chi connectivity index (χ4n) is 2.07. The summed E-state index contributed by atoms with van der Waals surface area (Å²) in [5.74, 6) is 1.19. The Kier molecular flexibility index (Phi) is 3.56. The van der Waals surface area contributed by atoms with Gasteiger partial charge in [-0.25, -0.2) is 0 Å². The van der Waals surface area contributed by atoms with Crippen LogP contribution in [0.2, 0.25) is 5.15 Å². The van der Waals surface area contributed by atoms with Crippen LogP contribution < -0.4 is 4.74 Å². The minimum absolute atomic E-state index is 0.0532. The Labute approximate surface area is 129 Å². The quantitative estimate of drug-likeness (QED) is 0.876. The maximum atomic E-state index is 10.0. The highest BCUT2D eigenvalue weighted by Crippen LogP contribution is 2.47. The van der Waals surface area contributed by atoms with Crippen molar-refractivity contribution >= 4 is 27.5 Å². The summed E-state index contributed by atoms with van der Waals surface area (Å²) in [6.07, 6.45) is 2.34. The van der Waals surface area contributed by atoms with Gasteiger partial charge in [-0.2, -0.15) is 0 Å². The largest absolute Gasteiger partial charge is 0.502 e. The van der Waals surface area contributed by atoms with Gasteiger partial charge in [-0.3, -0.25) is 0 Å². The molecule has 0 aliphatic heterocycles. The molecule has 4 nitrogen and oxygen atoms in total. The van der Waals surface area contributed by atoms with Crippen molar-refractivity contribution < 1.29 is 9.84 Å². The lowest BCUT2D eigenvalue weighted by Crippen LogP contribution is -1.97. The van der Waals surface area contributed by atoms with E-state index in [1.54, 1.807) is 0 Å². The average molecular weight is 356 g/mol. The number of nitrogens with zero attached hydrogens (tertiary/aromatic N) is 2. The van der Waals surface area contributed by atoms with E-state index in [2.05, 4.69) is 32.2 Å². The third-order valence-electron chi connectivity index (χ3n) is 3.28. The third kappa shape index (κ3) is 2.47. The fraction of sp³-hybridized carbons (Fsp3) is 0.286. The first-order valence-corrected chi connectivity index (χ1v) is 7.43. The third-order valence-corrected chi connectivity index (χ3v) is 4.52. The van der Waals surface area contributed by atoms with E-state index in [4.69, 9.17) is 16.3 Å². The van der Waals surface area contributed by atoms with Gasteiger partial charge in [0, 0.05) is 0 Å². The van der Waals surface area contributed by atoms with Crippen LogP contribution in [0, 0.1) is 6.92 Å². The van der Waals surface area contributed by atoms with Gasteiger partial charge in [0.1, 0.15) is 10.2 Å². The normalized spacial score (nSPS) is 14.3. The number of aromatic nitrogens is 2. The average Bonchev–Trinajstić information content (AvgIpc) is 3.25. The van der Waals surface area contributed by atoms with E-state index in [0.717, 1.165) is 16.9 Å². The lowest BCUT2D eigenvalue weighted by atomic mass is 10.1. The number of aryl methyl sites for hydroxylation is 1. The molecule has 0 saturated heterocycles. The number of halogens is 2. The van der Waals surface area contributed by atoms with Gasteiger partial charge < -0.3 is 9.84 Å². The summed E-state index contributed by atoms with van der Waals surface area (Å²) in [5, 5.41) is 17.7. The van der Waals surface area contributed by atoms with Crippen LogP contribution in [-0.4, -0.2) is 15.3 Å². The second-order valence-corrected chi connectivity index (χ2v) is 5.98. The Hall–Kier alpha value is -1.33. The van der Waals surface area contributed by atoms with Crippen molar-refractivity contribution in [1.29, 1.82) is 0 Å². The Morgan fingerprint density at radius 3 is 2.80 bits per heavy atom. The number of hydrogen-bond acceptors (Lipinski definition) is 4. The molecule has 1 aromatic heterocycles. The molecule has 20 heavy (non-hydrogen) atoms. The summed E-state index contributed by atoms with van der Waals surface area (Å²) in [6.45, 7) is 1.97. The van der Waals surface area contributed by atoms with Gasteiger partial charge in [0.2, 0.25) is 0 Å². The van der Waals surface area contributed by atoms with Crippen LogP contribution >= 0.6 is 27.5 Å². The predicted molar refractivity (Wildman–Crippen MR) is 79.6 cm³/mol. The van der Waals surface area contributed by atoms with Crippen LogP contribution in [0.15, 0.2) is 22.7 Å². The van der Waals surface area contributed by atoms with Crippen molar-refractivity contribution in [2.24, 2.45) is 0 Å². The zero-order valence-electron chi connectivity index (χ0n) is 10.7. The Balaban J connectivity index is 2.01. The molecule has 0 spiro atoms. The van der Waals surface area contributed by atoms with Crippen LogP contribution in [0.5, 0.6) is 17.4 Å². The molecule has 1 heterocycles. The second-order valence-electron chi connectivity index (χ2n) is 4.83. The van der Waals surface area contributed by atoms with Crippen molar-refractivity contribution in [2.75, 3.05) is 0 Å². The standard InChI is InChI=1S/C14H12BrClN2O2/c1-7-3-2-4-9(8-5-6-8)12(7)20-14-11(19)10(15)13(16)17-18-14/h2-4,8H,5-6H2,1H3,(H,17,19). The molecule has 1 aliphatic rings. The number of para-hydroxylation sites is 1. The number of aromatic hydroxyl groups is 1. The van der Waals surface area contributed by atoms with E-state index in [1.807, 2.05) is 19.1 Å². The summed E-state index contributed by atoms with van der Waals surface area (Å²) in [6, 6.07) is 6.03. The minimum Gasteiger partial charge on any atom is -0.502 e. The molecular formula is C14H12BrClN2O2. The topological polar surface area (TPSA) is 55.2 Å². The van der Waals surface area contributed by atoms with Crippen molar-refractivity contribution in [1.82, 2.24) is 10.2 Å². The number of hydrogen-bond donors (Lipinski definition) is 1. The lowest BCUT2D eigenvalue weighted by Gasteiger charge is -2.13. The highest BCUT2D eigenvalue weighted by molar-refractivity contribution is 9.10. The van der Waals surface area contributed by atoms with Crippen molar-refractivity contribution in [3.05, 3.63) is 39.0 Å². The van der Waals surface area contributed by atoms with Crippen molar-refractivity contribution in [3.8, 4) is 17.4 Å². The molecule has 1 saturated carbocycles. The molecule has 6 heteroatoms. The van der Waals surface area contributed by atoms with Gasteiger partial charge in [0.25, 0.3) is 5.88 Å². The predicted octanol–water partition coefficient (Wildman–Crippen LogP) is 4.58. The minimum atomic E-state index is -0.144. The molecule has 1 aromatic carbocycles. The molecule has 1 aliphatic carbocycles. The Morgan fingerprint density at radius 2 is 2.10 bits per heavy atom. The zero-order chi connectivity index (χ0) is 14.3. The van der Waals surface area contributed by atoms with Gasteiger partial charge in [-0.15, -0.1) is 10.2 Å². The van der Waals surface area contributed by atoms with Gasteiger partial charge in [0.05, 0.1) is 0 Å². The maximum Gasteiger partial charge on any atom is 0.282 e. The molecule has 104 valence electrons. The van der Waals surface area contributed by atoms with Crippen LogP contribution in [0.1, 0.15) is 29.9 Å². The summed E-state index contributed by atoms with van der Waals surface area (Å²) in [5.41, 5.74) is 2.15. The molecule has 0 bridgehead atoms. The number of benzene rings is 1. The van der Waals surface area contributed by atoms with Gasteiger partial charge >= 0.3 is 0 Å². The van der Waals surface area contributed by atoms with Crippen molar-refractivity contribution in [2.45, 2.75) is 25.7 Å². The molecule has 0 radical (unpaired) electrons. The first kappa shape index (κ1) is 13.6. The maximum absolute atomic E-state index is 10.0. The highest BCUT2D eigenvalue weighted by Gasteiger charge is 2.28. The molecule has 0 amide bonds. The van der Waals surface area contributed by atoms with E-state index in [-0.39, 0.29) is 21.3 Å². The van der Waals surface area contributed by atoms with Crippen LogP contribution in [0.4, 0.5) is 0 Å². The van der Waals surface area contributed by atoms with E-state index in [9.17, 15) is 5.11 Å². The number of rotatable bonds is 3. The number of ether oxygens (including phenoxy) is 1. The molecule has 0 atom stereocenters. The molecule has 2 aromatic rings. The van der Waals surface area contributed by atoms with E-state index in [0.29, 0.717) is 5.92 Å². The molecule has 1 N–H and O–H groups in total. The van der Waals surface area contributed by atoms with Gasteiger partial charge in [0.15, 0.2) is 10.9 Å². The molecular weight excluding hydrogens is 344 g/mol. The van der Waals surface area contributed by atoms with E-state index >= 15 is 0 Å². The van der Waals surface area contributed by atoms with Gasteiger partial charge in [-0.1, -0.05) is 29.8 Å². The fourth-order valence-corrected chi connectivity index (χ4v) is 2.44. The molecule has 3 rings (SSSR count). The molecule has 1 fully saturated rings. The zero-order valence-corrected chi connectivity index (χ0v) is 13.1. The van der Waals surface area contributed by atoms with Crippen LogP contribution in [-0.2, 0) is 0 Å². The lowest BCUT2D eigenvalue weighted by molar-refractivity contribution is 0.385. The van der Waals surface area contributed by atoms with Crippen LogP contribution in [0.3, 0.4) is 0 Å². The van der Waals surface area contributed by atoms with Crippen molar-refractivity contribution in [3.63, 3.8) is 0 Å². The smallest absolute Gasteiger partial charge is 0.282 e. The summed E-state index contributed by atoms with van der Waals surface area (Å²) < 4.78 is 6.08. The summed E-state index contributed by atoms with van der Waals surface area (Å²) >= 11 is 8.93.